The van der Waals surface area contributed by atoms with Crippen molar-refractivity contribution in [2.75, 3.05) is 31.3 Å². The number of benzene rings is 2. The van der Waals surface area contributed by atoms with Crippen molar-refractivity contribution in [3.05, 3.63) is 64.4 Å². The number of rotatable bonds is 8. The summed E-state index contributed by atoms with van der Waals surface area (Å²) in [7, 11) is 0. The molecule has 0 atom stereocenters. The highest BCUT2D eigenvalue weighted by Gasteiger charge is 2.25. The Morgan fingerprint density at radius 2 is 1.81 bits per heavy atom. The fourth-order valence-electron chi connectivity index (χ4n) is 2.53. The van der Waals surface area contributed by atoms with Gasteiger partial charge in [0.1, 0.15) is 5.82 Å². The normalized spacial score (nSPS) is 10.5. The molecule has 5 nitrogen and oxygen atoms in total. The fraction of sp³-hybridized carbons (Fsp3) is 0.300. The lowest BCUT2D eigenvalue weighted by atomic mass is 10.0. The molecule has 1 amide bonds. The molecule has 0 saturated heterocycles. The molecule has 0 aliphatic heterocycles. The molecule has 2 aromatic carbocycles. The number of carbonyl (C=O) groups excluding carboxylic acids is 2. The number of halogens is 2. The van der Waals surface area contributed by atoms with Crippen LogP contribution in [0.25, 0.3) is 0 Å². The third-order valence-electron chi connectivity index (χ3n) is 3.76. The van der Waals surface area contributed by atoms with E-state index in [1.807, 2.05) is 6.92 Å². The Hall–Kier alpha value is -2.44. The summed E-state index contributed by atoms with van der Waals surface area (Å²) in [6.07, 6.45) is -0.623. The van der Waals surface area contributed by atoms with Crippen molar-refractivity contribution in [1.82, 2.24) is 0 Å². The van der Waals surface area contributed by atoms with Gasteiger partial charge in [-0.2, -0.15) is 0 Å². The van der Waals surface area contributed by atoms with Gasteiger partial charge in [0.25, 0.3) is 0 Å². The Balaban J connectivity index is 2.49. The molecule has 0 heterocycles. The first kappa shape index (κ1) is 20.9. The molecule has 0 N–H and O–H groups in total. The number of amides is 1. The first-order valence-corrected chi connectivity index (χ1v) is 8.98. The van der Waals surface area contributed by atoms with Crippen LogP contribution >= 0.6 is 11.6 Å². The monoisotopic (exact) mass is 393 g/mol. The molecular formula is C20H21ClFNO4. The van der Waals surface area contributed by atoms with Gasteiger partial charge in [-0.05, 0) is 44.2 Å². The van der Waals surface area contributed by atoms with Gasteiger partial charge in [0.15, 0.2) is 5.78 Å². The number of nitrogens with zero attached hydrogens (tertiary/aromatic N) is 1. The van der Waals surface area contributed by atoms with Crippen molar-refractivity contribution in [1.29, 1.82) is 0 Å². The molecule has 0 spiro atoms. The fourth-order valence-corrected chi connectivity index (χ4v) is 2.70. The Morgan fingerprint density at radius 1 is 1.07 bits per heavy atom. The molecule has 2 rings (SSSR count). The molecule has 0 aromatic heterocycles. The number of hydrogen-bond donors (Lipinski definition) is 0. The zero-order chi connectivity index (χ0) is 19.8. The Kier molecular flexibility index (Phi) is 7.76. The van der Waals surface area contributed by atoms with Crippen molar-refractivity contribution >= 4 is 29.2 Å². The molecule has 0 bridgehead atoms. The van der Waals surface area contributed by atoms with Crippen LogP contribution in [0.5, 0.6) is 0 Å². The first-order chi connectivity index (χ1) is 13.0. The maximum Gasteiger partial charge on any atom is 0.414 e. The predicted octanol–water partition coefficient (Wildman–Crippen LogP) is 4.71. The van der Waals surface area contributed by atoms with Crippen LogP contribution in [0.1, 0.15) is 29.8 Å². The summed E-state index contributed by atoms with van der Waals surface area (Å²) in [5.41, 5.74) is 0.289. The van der Waals surface area contributed by atoms with Gasteiger partial charge in [0.2, 0.25) is 0 Å². The zero-order valence-electron chi connectivity index (χ0n) is 15.2. The summed E-state index contributed by atoms with van der Waals surface area (Å²) in [5.74, 6) is -1.22. The van der Waals surface area contributed by atoms with Crippen LogP contribution in [0.3, 0.4) is 0 Å². The average Bonchev–Trinajstić information content (AvgIpc) is 2.66. The highest BCUT2D eigenvalue weighted by Crippen LogP contribution is 2.28. The highest BCUT2D eigenvalue weighted by molar-refractivity contribution is 6.31. The maximum absolute atomic E-state index is 14.1. The van der Waals surface area contributed by atoms with Crippen LogP contribution in [-0.4, -0.2) is 38.2 Å². The molecule has 0 radical (unpaired) electrons. The summed E-state index contributed by atoms with van der Waals surface area (Å²) in [5, 5.41) is 0.298. The minimum atomic E-state index is -0.648. The van der Waals surface area contributed by atoms with Gasteiger partial charge in [-0.3, -0.25) is 9.69 Å². The Morgan fingerprint density at radius 3 is 2.48 bits per heavy atom. The van der Waals surface area contributed by atoms with E-state index in [4.69, 9.17) is 21.1 Å². The maximum atomic E-state index is 14.1. The van der Waals surface area contributed by atoms with E-state index in [2.05, 4.69) is 0 Å². The molecule has 0 saturated carbocycles. The van der Waals surface area contributed by atoms with E-state index >= 15 is 0 Å². The van der Waals surface area contributed by atoms with Gasteiger partial charge in [0.05, 0.1) is 31.0 Å². The van der Waals surface area contributed by atoms with Crippen molar-refractivity contribution in [2.45, 2.75) is 13.8 Å². The second kappa shape index (κ2) is 10.0. The van der Waals surface area contributed by atoms with Crippen LogP contribution in [0.4, 0.5) is 14.9 Å². The summed E-state index contributed by atoms with van der Waals surface area (Å²) >= 11 is 6.06. The Bertz CT molecular complexity index is 812. The van der Waals surface area contributed by atoms with E-state index in [-0.39, 0.29) is 36.6 Å². The first-order valence-electron chi connectivity index (χ1n) is 8.60. The van der Waals surface area contributed by atoms with E-state index in [1.165, 1.54) is 29.2 Å². The molecule has 2 aromatic rings. The molecule has 0 unspecified atom stereocenters. The Labute approximate surface area is 162 Å². The zero-order valence-corrected chi connectivity index (χ0v) is 16.0. The second-order valence-electron chi connectivity index (χ2n) is 5.52. The van der Waals surface area contributed by atoms with Gasteiger partial charge < -0.3 is 9.47 Å². The quantitative estimate of drug-likeness (QED) is 0.481. The lowest BCUT2D eigenvalue weighted by molar-refractivity contribution is 0.103. The average molecular weight is 394 g/mol. The predicted molar refractivity (Wildman–Crippen MR) is 102 cm³/mol. The number of carbonyl (C=O) groups is 2. The van der Waals surface area contributed by atoms with Crippen molar-refractivity contribution < 1.29 is 23.5 Å². The molecule has 27 heavy (non-hydrogen) atoms. The molecular weight excluding hydrogens is 373 g/mol. The van der Waals surface area contributed by atoms with E-state index in [0.29, 0.717) is 11.6 Å². The van der Waals surface area contributed by atoms with E-state index in [9.17, 15) is 14.0 Å². The smallest absolute Gasteiger partial charge is 0.414 e. The van der Waals surface area contributed by atoms with Gasteiger partial charge in [-0.1, -0.05) is 23.7 Å². The summed E-state index contributed by atoms with van der Waals surface area (Å²) in [6, 6.07) is 10.2. The van der Waals surface area contributed by atoms with E-state index in [0.717, 1.165) is 0 Å². The summed E-state index contributed by atoms with van der Waals surface area (Å²) in [6.45, 7) is 4.61. The summed E-state index contributed by atoms with van der Waals surface area (Å²) in [4.78, 5) is 26.7. The standard InChI is InChI=1S/C20H21ClFNO4/c1-3-26-12-11-23(20(25)27-4-2)18-10-9-14(21)13-16(18)19(24)15-7-5-6-8-17(15)22/h5-10,13H,3-4,11-12H2,1-2H3. The minimum Gasteiger partial charge on any atom is -0.449 e. The van der Waals surface area contributed by atoms with Crippen LogP contribution in [0.2, 0.25) is 5.02 Å². The number of hydrogen-bond acceptors (Lipinski definition) is 4. The largest absolute Gasteiger partial charge is 0.449 e. The summed E-state index contributed by atoms with van der Waals surface area (Å²) < 4.78 is 24.5. The third-order valence-corrected chi connectivity index (χ3v) is 4.00. The third kappa shape index (κ3) is 5.28. The van der Waals surface area contributed by atoms with Crippen LogP contribution in [0.15, 0.2) is 42.5 Å². The SMILES string of the molecule is CCOCCN(C(=O)OCC)c1ccc(Cl)cc1C(=O)c1ccccc1F. The van der Waals surface area contributed by atoms with Crippen molar-refractivity contribution in [2.24, 2.45) is 0 Å². The molecule has 144 valence electrons. The van der Waals surface area contributed by atoms with Crippen molar-refractivity contribution in [3.63, 3.8) is 0 Å². The highest BCUT2D eigenvalue weighted by atomic mass is 35.5. The molecule has 7 heteroatoms. The molecule has 0 aliphatic rings. The second-order valence-corrected chi connectivity index (χ2v) is 5.95. The van der Waals surface area contributed by atoms with Crippen LogP contribution in [-0.2, 0) is 9.47 Å². The molecule has 0 fully saturated rings. The minimum absolute atomic E-state index is 0.102. The van der Waals surface area contributed by atoms with Crippen molar-refractivity contribution in [3.8, 4) is 0 Å². The van der Waals surface area contributed by atoms with Gasteiger partial charge in [-0.25, -0.2) is 9.18 Å². The lowest BCUT2D eigenvalue weighted by Gasteiger charge is -2.24. The lowest BCUT2D eigenvalue weighted by Crippen LogP contribution is -2.35. The topological polar surface area (TPSA) is 55.8 Å². The van der Waals surface area contributed by atoms with Gasteiger partial charge in [-0.15, -0.1) is 0 Å². The number of anilines is 1. The number of ether oxygens (including phenoxy) is 2. The van der Waals surface area contributed by atoms with Gasteiger partial charge in [0, 0.05) is 17.2 Å². The van der Waals surface area contributed by atoms with Crippen LogP contribution < -0.4 is 4.90 Å². The van der Waals surface area contributed by atoms with E-state index in [1.54, 1.807) is 25.1 Å². The number of ketones is 1. The molecule has 0 aliphatic carbocycles. The van der Waals surface area contributed by atoms with Crippen LogP contribution in [0, 0.1) is 5.82 Å². The van der Waals surface area contributed by atoms with Gasteiger partial charge >= 0.3 is 6.09 Å². The van der Waals surface area contributed by atoms with E-state index < -0.39 is 17.7 Å².